The van der Waals surface area contributed by atoms with Gasteiger partial charge in [0.05, 0.1) is 14.2 Å². The van der Waals surface area contributed by atoms with Crippen LogP contribution in [0.2, 0.25) is 0 Å². The fourth-order valence-corrected chi connectivity index (χ4v) is 3.84. The first-order chi connectivity index (χ1) is 14.9. The van der Waals surface area contributed by atoms with Crippen LogP contribution in [0.1, 0.15) is 90.4 Å². The predicted molar refractivity (Wildman–Crippen MR) is 129 cm³/mol. The summed E-state index contributed by atoms with van der Waals surface area (Å²) in [7, 11) is 6.35. The summed E-state index contributed by atoms with van der Waals surface area (Å²) < 4.78 is 9.88. The Labute approximate surface area is 191 Å². The van der Waals surface area contributed by atoms with Gasteiger partial charge in [-0.25, -0.2) is 0 Å². The number of hydrogen-bond donors (Lipinski definition) is 0. The normalized spacial score (nSPS) is 12.2. The Morgan fingerprint density at radius 1 is 0.742 bits per heavy atom. The Morgan fingerprint density at radius 2 is 1.23 bits per heavy atom. The van der Waals surface area contributed by atoms with E-state index < -0.39 is 17.4 Å². The van der Waals surface area contributed by atoms with Crippen LogP contribution in [0.4, 0.5) is 0 Å². The lowest BCUT2D eigenvalue weighted by Gasteiger charge is -2.30. The second-order valence-electron chi connectivity index (χ2n) is 8.64. The highest BCUT2D eigenvalue weighted by Crippen LogP contribution is 2.30. The summed E-state index contributed by atoms with van der Waals surface area (Å²) >= 11 is 0. The van der Waals surface area contributed by atoms with E-state index in [1.807, 2.05) is 19.0 Å². The number of nitrogens with zero attached hydrogens (tertiary/aromatic N) is 1. The lowest BCUT2D eigenvalue weighted by Crippen LogP contribution is -2.48. The van der Waals surface area contributed by atoms with E-state index in [0.29, 0.717) is 13.0 Å². The summed E-state index contributed by atoms with van der Waals surface area (Å²) in [6.45, 7) is 2.53. The zero-order valence-electron chi connectivity index (χ0n) is 20.8. The molecule has 0 fully saturated rings. The second-order valence-corrected chi connectivity index (χ2v) is 8.64. The number of carbonyl (C=O) groups is 2. The molecular weight excluding hydrogens is 390 g/mol. The van der Waals surface area contributed by atoms with E-state index >= 15 is 0 Å². The minimum Gasteiger partial charge on any atom is -0.468 e. The van der Waals surface area contributed by atoms with E-state index in [0.717, 1.165) is 32.1 Å². The summed E-state index contributed by atoms with van der Waals surface area (Å²) in [4.78, 5) is 26.6. The minimum absolute atomic E-state index is 0.298. The molecule has 0 aromatic rings. The molecule has 0 unspecified atom stereocenters. The van der Waals surface area contributed by atoms with Crippen LogP contribution in [-0.2, 0) is 19.1 Å². The monoisotopic (exact) mass is 437 g/mol. The number of methoxy groups -OCH3 is 2. The second kappa shape index (κ2) is 19.1. The molecule has 0 radical (unpaired) electrons. The lowest BCUT2D eigenvalue weighted by atomic mass is 9.81. The number of carbonyl (C=O) groups excluding carboxylic acids is 2. The molecule has 0 rings (SSSR count). The fraction of sp³-hybridized carbons (Fsp3) is 0.769. The van der Waals surface area contributed by atoms with Crippen molar-refractivity contribution in [1.29, 1.82) is 0 Å². The molecule has 5 nitrogen and oxygen atoms in total. The molecule has 0 aliphatic heterocycles. The zero-order chi connectivity index (χ0) is 23.4. The van der Waals surface area contributed by atoms with Crippen molar-refractivity contribution >= 4 is 11.9 Å². The SMILES string of the molecule is CCCCC/C=C\C/C=C\CCCCCCCCC(CN(C)C)(C(=O)OC)C(=O)OC. The van der Waals surface area contributed by atoms with Gasteiger partial charge in [-0.1, -0.05) is 76.2 Å². The summed E-state index contributed by atoms with van der Waals surface area (Å²) in [5.41, 5.74) is -1.23. The molecule has 0 aromatic carbocycles. The third kappa shape index (κ3) is 13.4. The van der Waals surface area contributed by atoms with Crippen molar-refractivity contribution in [3.05, 3.63) is 24.3 Å². The smallest absolute Gasteiger partial charge is 0.324 e. The summed E-state index contributed by atoms with van der Waals surface area (Å²) in [6.07, 6.45) is 23.4. The molecule has 0 saturated carbocycles. The van der Waals surface area contributed by atoms with Crippen molar-refractivity contribution in [2.75, 3.05) is 34.9 Å². The topological polar surface area (TPSA) is 55.8 Å². The van der Waals surface area contributed by atoms with E-state index in [2.05, 4.69) is 31.2 Å². The predicted octanol–water partition coefficient (Wildman–Crippen LogP) is 6.08. The Morgan fingerprint density at radius 3 is 1.71 bits per heavy atom. The molecule has 0 aliphatic carbocycles. The van der Waals surface area contributed by atoms with Gasteiger partial charge in [-0.2, -0.15) is 0 Å². The van der Waals surface area contributed by atoms with Crippen LogP contribution < -0.4 is 0 Å². The van der Waals surface area contributed by atoms with Gasteiger partial charge in [-0.05, 0) is 52.6 Å². The third-order valence-corrected chi connectivity index (χ3v) is 5.54. The first-order valence-electron chi connectivity index (χ1n) is 12.1. The van der Waals surface area contributed by atoms with Crippen molar-refractivity contribution in [1.82, 2.24) is 4.90 Å². The Hall–Kier alpha value is -1.62. The number of ether oxygens (including phenoxy) is 2. The largest absolute Gasteiger partial charge is 0.468 e. The van der Waals surface area contributed by atoms with Gasteiger partial charge in [0.1, 0.15) is 0 Å². The maximum absolute atomic E-state index is 12.4. The van der Waals surface area contributed by atoms with E-state index in [9.17, 15) is 9.59 Å². The van der Waals surface area contributed by atoms with Crippen LogP contribution >= 0.6 is 0 Å². The van der Waals surface area contributed by atoms with E-state index in [1.165, 1.54) is 59.2 Å². The number of allylic oxidation sites excluding steroid dienone is 4. The van der Waals surface area contributed by atoms with E-state index in [4.69, 9.17) is 9.47 Å². The maximum atomic E-state index is 12.4. The van der Waals surface area contributed by atoms with Gasteiger partial charge in [0, 0.05) is 6.54 Å². The van der Waals surface area contributed by atoms with Crippen LogP contribution in [0.25, 0.3) is 0 Å². The molecule has 0 aliphatic rings. The highest BCUT2D eigenvalue weighted by Gasteiger charge is 2.48. The average Bonchev–Trinajstić information content (AvgIpc) is 2.76. The van der Waals surface area contributed by atoms with Crippen molar-refractivity contribution in [3.8, 4) is 0 Å². The molecule has 0 spiro atoms. The first-order valence-corrected chi connectivity index (χ1v) is 12.1. The Bertz CT molecular complexity index is 510. The molecule has 0 bridgehead atoms. The van der Waals surface area contributed by atoms with E-state index in [1.54, 1.807) is 0 Å². The van der Waals surface area contributed by atoms with Crippen molar-refractivity contribution in [2.45, 2.75) is 90.4 Å². The molecule has 0 N–H and O–H groups in total. The molecule has 180 valence electrons. The first kappa shape index (κ1) is 29.4. The van der Waals surface area contributed by atoms with Crippen LogP contribution in [0, 0.1) is 5.41 Å². The van der Waals surface area contributed by atoms with Crippen molar-refractivity contribution in [2.24, 2.45) is 5.41 Å². The fourth-order valence-electron chi connectivity index (χ4n) is 3.84. The van der Waals surface area contributed by atoms with Gasteiger partial charge in [0.2, 0.25) is 0 Å². The minimum atomic E-state index is -1.23. The lowest BCUT2D eigenvalue weighted by molar-refractivity contribution is -0.171. The van der Waals surface area contributed by atoms with Crippen LogP contribution in [0.3, 0.4) is 0 Å². The van der Waals surface area contributed by atoms with Gasteiger partial charge >= 0.3 is 11.9 Å². The zero-order valence-corrected chi connectivity index (χ0v) is 20.8. The van der Waals surface area contributed by atoms with Crippen LogP contribution in [0.15, 0.2) is 24.3 Å². The van der Waals surface area contributed by atoms with Crippen LogP contribution in [-0.4, -0.2) is 51.7 Å². The average molecular weight is 438 g/mol. The number of rotatable bonds is 19. The molecule has 0 saturated heterocycles. The van der Waals surface area contributed by atoms with Gasteiger partial charge in [0.15, 0.2) is 5.41 Å². The number of esters is 2. The van der Waals surface area contributed by atoms with Gasteiger partial charge < -0.3 is 14.4 Å². The number of unbranched alkanes of at least 4 members (excludes halogenated alkanes) is 9. The van der Waals surface area contributed by atoms with Gasteiger partial charge in [0.25, 0.3) is 0 Å². The standard InChI is InChI=1S/C26H47NO4/c1-6-7-8-9-10-11-12-13-14-15-16-17-18-19-20-21-22-26(23-27(2)3,24(28)30-4)25(29)31-5/h10-11,13-14H,6-9,12,15-23H2,1-5H3/b11-10-,14-13-. The Balaban J connectivity index is 4.03. The molecule has 31 heavy (non-hydrogen) atoms. The van der Waals surface area contributed by atoms with Gasteiger partial charge in [-0.15, -0.1) is 0 Å². The Kier molecular flexibility index (Phi) is 18.1. The molecule has 0 aromatic heterocycles. The summed E-state index contributed by atoms with van der Waals surface area (Å²) in [6, 6.07) is 0. The quantitative estimate of drug-likeness (QED) is 0.106. The third-order valence-electron chi connectivity index (χ3n) is 5.54. The van der Waals surface area contributed by atoms with Crippen molar-refractivity contribution < 1.29 is 19.1 Å². The van der Waals surface area contributed by atoms with Crippen LogP contribution in [0.5, 0.6) is 0 Å². The molecular formula is C26H47NO4. The van der Waals surface area contributed by atoms with Gasteiger partial charge in [-0.3, -0.25) is 9.59 Å². The molecule has 5 heteroatoms. The highest BCUT2D eigenvalue weighted by molar-refractivity contribution is 6.00. The summed E-state index contributed by atoms with van der Waals surface area (Å²) in [5, 5.41) is 0. The molecule has 0 heterocycles. The van der Waals surface area contributed by atoms with Crippen molar-refractivity contribution in [3.63, 3.8) is 0 Å². The molecule has 0 atom stereocenters. The number of hydrogen-bond acceptors (Lipinski definition) is 5. The highest BCUT2D eigenvalue weighted by atomic mass is 16.5. The maximum Gasteiger partial charge on any atom is 0.324 e. The van der Waals surface area contributed by atoms with E-state index in [-0.39, 0.29) is 0 Å². The summed E-state index contributed by atoms with van der Waals surface area (Å²) in [5.74, 6) is -1.01. The molecule has 0 amide bonds.